The highest BCUT2D eigenvalue weighted by Crippen LogP contribution is 2.27. The van der Waals surface area contributed by atoms with E-state index < -0.39 is 0 Å². The number of rotatable bonds is 3. The number of hydrogen-bond donors (Lipinski definition) is 2. The number of aromatic nitrogens is 2. The van der Waals surface area contributed by atoms with Gasteiger partial charge in [-0.3, -0.25) is 0 Å². The van der Waals surface area contributed by atoms with Crippen LogP contribution in [0.25, 0.3) is 0 Å². The fourth-order valence-corrected chi connectivity index (χ4v) is 2.24. The van der Waals surface area contributed by atoms with Crippen molar-refractivity contribution in [3.05, 3.63) is 47.5 Å². The van der Waals surface area contributed by atoms with Gasteiger partial charge in [-0.25, -0.2) is 14.4 Å². The van der Waals surface area contributed by atoms with Gasteiger partial charge in [-0.2, -0.15) is 0 Å². The van der Waals surface area contributed by atoms with E-state index in [4.69, 9.17) is 10.9 Å². The van der Waals surface area contributed by atoms with Gasteiger partial charge in [0.15, 0.2) is 11.0 Å². The summed E-state index contributed by atoms with van der Waals surface area (Å²) in [6.45, 7) is 1.75. The largest absolute Gasteiger partial charge is 0.409 e. The Morgan fingerprint density at radius 3 is 2.79 bits per heavy atom. The number of hydrogen-bond acceptors (Lipinski definition) is 5. The summed E-state index contributed by atoms with van der Waals surface area (Å²) in [5.74, 6) is -0.455. The van der Waals surface area contributed by atoms with E-state index in [1.165, 1.54) is 6.07 Å². The highest BCUT2D eigenvalue weighted by atomic mass is 32.2. The minimum Gasteiger partial charge on any atom is -0.409 e. The molecule has 0 aliphatic carbocycles. The van der Waals surface area contributed by atoms with Gasteiger partial charge in [0.05, 0.1) is 4.90 Å². The van der Waals surface area contributed by atoms with Crippen molar-refractivity contribution in [2.45, 2.75) is 17.0 Å². The Kier molecular flexibility index (Phi) is 3.96. The normalized spacial score (nSPS) is 11.6. The van der Waals surface area contributed by atoms with Crippen LogP contribution in [0.4, 0.5) is 4.39 Å². The predicted molar refractivity (Wildman–Crippen MR) is 69.8 cm³/mol. The van der Waals surface area contributed by atoms with Crippen LogP contribution < -0.4 is 5.73 Å². The summed E-state index contributed by atoms with van der Waals surface area (Å²) in [6, 6.07) is 7.92. The van der Waals surface area contributed by atoms with E-state index in [1.54, 1.807) is 31.2 Å². The fourth-order valence-electron chi connectivity index (χ4n) is 1.40. The van der Waals surface area contributed by atoms with E-state index in [0.29, 0.717) is 21.4 Å². The second-order valence-corrected chi connectivity index (χ2v) is 4.70. The molecule has 0 saturated carbocycles. The second kappa shape index (κ2) is 5.66. The molecule has 5 nitrogen and oxygen atoms in total. The van der Waals surface area contributed by atoms with Crippen molar-refractivity contribution in [3.63, 3.8) is 0 Å². The van der Waals surface area contributed by atoms with Gasteiger partial charge < -0.3 is 10.9 Å². The molecule has 0 aliphatic heterocycles. The predicted octanol–water partition coefficient (Wildman–Crippen LogP) is 2.17. The summed E-state index contributed by atoms with van der Waals surface area (Å²) in [4.78, 5) is 8.71. The zero-order valence-corrected chi connectivity index (χ0v) is 10.9. The van der Waals surface area contributed by atoms with Gasteiger partial charge in [0, 0.05) is 5.69 Å². The molecule has 98 valence electrons. The molecule has 0 aliphatic rings. The summed E-state index contributed by atoms with van der Waals surface area (Å²) in [5.41, 5.74) is 6.43. The third kappa shape index (κ3) is 3.19. The maximum Gasteiger partial charge on any atom is 0.193 e. The van der Waals surface area contributed by atoms with Gasteiger partial charge in [-0.05, 0) is 36.9 Å². The van der Waals surface area contributed by atoms with Crippen molar-refractivity contribution in [1.29, 1.82) is 0 Å². The molecule has 19 heavy (non-hydrogen) atoms. The molecule has 1 aromatic heterocycles. The van der Waals surface area contributed by atoms with Crippen molar-refractivity contribution in [3.8, 4) is 0 Å². The average molecular weight is 278 g/mol. The first kappa shape index (κ1) is 13.3. The monoisotopic (exact) mass is 278 g/mol. The SMILES string of the molecule is Cc1cc(/C(N)=N/O)nc(Sc2ccccc2F)n1. The molecule has 0 atom stereocenters. The van der Waals surface area contributed by atoms with Gasteiger partial charge in [0.2, 0.25) is 0 Å². The van der Waals surface area contributed by atoms with Crippen molar-refractivity contribution in [1.82, 2.24) is 9.97 Å². The first-order valence-electron chi connectivity index (χ1n) is 5.36. The van der Waals surface area contributed by atoms with Gasteiger partial charge >= 0.3 is 0 Å². The Bertz CT molecular complexity index is 633. The van der Waals surface area contributed by atoms with Crippen LogP contribution in [0.1, 0.15) is 11.4 Å². The Morgan fingerprint density at radius 1 is 1.37 bits per heavy atom. The van der Waals surface area contributed by atoms with E-state index >= 15 is 0 Å². The number of benzene rings is 1. The topological polar surface area (TPSA) is 84.4 Å². The van der Waals surface area contributed by atoms with Crippen molar-refractivity contribution < 1.29 is 9.60 Å². The molecule has 0 saturated heterocycles. The molecule has 1 aromatic carbocycles. The van der Waals surface area contributed by atoms with Crippen LogP contribution in [0.15, 0.2) is 45.5 Å². The van der Waals surface area contributed by atoms with Crippen molar-refractivity contribution in [2.75, 3.05) is 0 Å². The minimum absolute atomic E-state index is 0.110. The molecule has 7 heteroatoms. The van der Waals surface area contributed by atoms with Crippen LogP contribution in [-0.2, 0) is 0 Å². The fraction of sp³-hybridized carbons (Fsp3) is 0.0833. The van der Waals surface area contributed by atoms with Crippen molar-refractivity contribution in [2.24, 2.45) is 10.9 Å². The van der Waals surface area contributed by atoms with Crippen molar-refractivity contribution >= 4 is 17.6 Å². The Morgan fingerprint density at radius 2 is 2.11 bits per heavy atom. The van der Waals surface area contributed by atoms with E-state index in [2.05, 4.69) is 15.1 Å². The molecule has 3 N–H and O–H groups in total. The molecule has 0 bridgehead atoms. The Balaban J connectivity index is 2.36. The standard InChI is InChI=1S/C12H11FN4OS/c1-7-6-9(11(14)17-18)16-12(15-7)19-10-5-3-2-4-8(10)13/h2-6,18H,1H3,(H2,14,17). The lowest BCUT2D eigenvalue weighted by Crippen LogP contribution is -2.16. The van der Waals surface area contributed by atoms with Crippen LogP contribution in [-0.4, -0.2) is 21.0 Å². The Hall–Kier alpha value is -2.15. The number of halogens is 1. The molecule has 0 radical (unpaired) electrons. The molecular weight excluding hydrogens is 267 g/mol. The molecule has 0 spiro atoms. The van der Waals surface area contributed by atoms with Crippen LogP contribution in [0.5, 0.6) is 0 Å². The van der Waals surface area contributed by atoms with E-state index in [-0.39, 0.29) is 11.7 Å². The molecule has 0 fully saturated rings. The van der Waals surface area contributed by atoms with E-state index in [9.17, 15) is 4.39 Å². The summed E-state index contributed by atoms with van der Waals surface area (Å²) in [7, 11) is 0. The highest BCUT2D eigenvalue weighted by molar-refractivity contribution is 7.99. The molecule has 0 unspecified atom stereocenters. The summed E-state index contributed by atoms with van der Waals surface area (Å²) < 4.78 is 13.5. The van der Waals surface area contributed by atoms with Crippen LogP contribution in [0.3, 0.4) is 0 Å². The summed E-state index contributed by atoms with van der Waals surface area (Å²) in [6.07, 6.45) is 0. The van der Waals surface area contributed by atoms with Gasteiger partial charge in [-0.15, -0.1) is 0 Å². The zero-order chi connectivity index (χ0) is 13.8. The summed E-state index contributed by atoms with van der Waals surface area (Å²) >= 11 is 1.08. The smallest absolute Gasteiger partial charge is 0.193 e. The lowest BCUT2D eigenvalue weighted by Gasteiger charge is -2.05. The van der Waals surface area contributed by atoms with Gasteiger partial charge in [0.25, 0.3) is 0 Å². The Labute approximate surface area is 113 Å². The number of oxime groups is 1. The van der Waals surface area contributed by atoms with E-state index in [0.717, 1.165) is 11.8 Å². The highest BCUT2D eigenvalue weighted by Gasteiger charge is 2.09. The van der Waals surface area contributed by atoms with Crippen LogP contribution in [0, 0.1) is 12.7 Å². The maximum atomic E-state index is 13.5. The van der Waals surface area contributed by atoms with Gasteiger partial charge in [0.1, 0.15) is 11.5 Å². The third-order valence-corrected chi connectivity index (χ3v) is 3.16. The molecule has 0 amide bonds. The maximum absolute atomic E-state index is 13.5. The lowest BCUT2D eigenvalue weighted by molar-refractivity contribution is 0.318. The average Bonchev–Trinajstić information content (AvgIpc) is 2.40. The molecule has 2 rings (SSSR count). The number of amidine groups is 1. The number of nitrogens with zero attached hydrogens (tertiary/aromatic N) is 3. The molecule has 2 aromatic rings. The summed E-state index contributed by atoms with van der Waals surface area (Å²) in [5, 5.41) is 11.9. The number of nitrogens with two attached hydrogens (primary N) is 1. The first-order valence-corrected chi connectivity index (χ1v) is 6.18. The second-order valence-electron chi connectivity index (χ2n) is 3.69. The first-order chi connectivity index (χ1) is 9.10. The third-order valence-electron chi connectivity index (χ3n) is 2.24. The van der Waals surface area contributed by atoms with Crippen LogP contribution in [0.2, 0.25) is 0 Å². The van der Waals surface area contributed by atoms with Gasteiger partial charge in [-0.1, -0.05) is 17.3 Å². The molecule has 1 heterocycles. The number of aryl methyl sites for hydroxylation is 1. The minimum atomic E-state index is -0.344. The van der Waals surface area contributed by atoms with Crippen LogP contribution >= 0.6 is 11.8 Å². The zero-order valence-electron chi connectivity index (χ0n) is 10.0. The van der Waals surface area contributed by atoms with E-state index in [1.807, 2.05) is 0 Å². The molecular formula is C12H11FN4OS. The lowest BCUT2D eigenvalue weighted by atomic mass is 10.3. The quantitative estimate of drug-likeness (QED) is 0.295.